The number of thiol groups is 1. The Morgan fingerprint density at radius 1 is 1.38 bits per heavy atom. The molecule has 0 spiro atoms. The molecular weight excluding hydrogens is 184 g/mol. The highest BCUT2D eigenvalue weighted by molar-refractivity contribution is 7.80. The summed E-state index contributed by atoms with van der Waals surface area (Å²) < 4.78 is 0. The Morgan fingerprint density at radius 3 is 2.46 bits per heavy atom. The summed E-state index contributed by atoms with van der Waals surface area (Å²) in [7, 11) is 0. The maximum atomic E-state index is 11.3. The lowest BCUT2D eigenvalue weighted by molar-refractivity contribution is -0.122. The van der Waals surface area contributed by atoms with Gasteiger partial charge in [-0.05, 0) is 25.3 Å². The zero-order valence-electron chi connectivity index (χ0n) is 8.55. The number of amides is 1. The summed E-state index contributed by atoms with van der Waals surface area (Å²) in [6.45, 7) is 7.23. The van der Waals surface area contributed by atoms with Crippen molar-refractivity contribution in [3.63, 3.8) is 0 Å². The van der Waals surface area contributed by atoms with E-state index < -0.39 is 0 Å². The highest BCUT2D eigenvalue weighted by atomic mass is 32.1. The van der Waals surface area contributed by atoms with Gasteiger partial charge in [-0.3, -0.25) is 9.69 Å². The SMILES string of the molecule is CCN(CC)CC(=O)NCCCS. The van der Waals surface area contributed by atoms with Crippen LogP contribution in [-0.2, 0) is 4.79 Å². The second-order valence-corrected chi connectivity index (χ2v) is 3.34. The third-order valence-corrected chi connectivity index (χ3v) is 2.23. The topological polar surface area (TPSA) is 32.3 Å². The maximum absolute atomic E-state index is 11.3. The van der Waals surface area contributed by atoms with Crippen molar-refractivity contribution in [2.45, 2.75) is 20.3 Å². The molecule has 0 aliphatic carbocycles. The van der Waals surface area contributed by atoms with E-state index in [1.165, 1.54) is 0 Å². The van der Waals surface area contributed by atoms with Crippen LogP contribution in [0.2, 0.25) is 0 Å². The number of rotatable bonds is 7. The van der Waals surface area contributed by atoms with Gasteiger partial charge in [-0.2, -0.15) is 12.6 Å². The van der Waals surface area contributed by atoms with Crippen molar-refractivity contribution < 1.29 is 4.79 Å². The Bertz CT molecular complexity index is 138. The molecule has 0 bridgehead atoms. The van der Waals surface area contributed by atoms with E-state index in [9.17, 15) is 4.79 Å². The maximum Gasteiger partial charge on any atom is 0.234 e. The predicted molar refractivity (Wildman–Crippen MR) is 59.3 cm³/mol. The molecular formula is C9H20N2OS. The van der Waals surface area contributed by atoms with Crippen molar-refractivity contribution in [1.29, 1.82) is 0 Å². The number of carbonyl (C=O) groups is 1. The average Bonchev–Trinajstić information content (AvgIpc) is 2.14. The third-order valence-electron chi connectivity index (χ3n) is 1.92. The highest BCUT2D eigenvalue weighted by Gasteiger charge is 2.05. The van der Waals surface area contributed by atoms with Crippen LogP contribution < -0.4 is 5.32 Å². The molecule has 0 rings (SSSR count). The van der Waals surface area contributed by atoms with Crippen molar-refractivity contribution >= 4 is 18.5 Å². The summed E-state index contributed by atoms with van der Waals surface area (Å²) in [6, 6.07) is 0. The van der Waals surface area contributed by atoms with Crippen molar-refractivity contribution in [3.8, 4) is 0 Å². The van der Waals surface area contributed by atoms with E-state index >= 15 is 0 Å². The van der Waals surface area contributed by atoms with E-state index in [4.69, 9.17) is 0 Å². The van der Waals surface area contributed by atoms with Crippen LogP contribution in [0.15, 0.2) is 0 Å². The summed E-state index contributed by atoms with van der Waals surface area (Å²) in [5.41, 5.74) is 0. The fourth-order valence-electron chi connectivity index (χ4n) is 1.01. The molecule has 0 unspecified atom stereocenters. The molecule has 13 heavy (non-hydrogen) atoms. The molecule has 0 atom stereocenters. The number of carbonyl (C=O) groups excluding carboxylic acids is 1. The highest BCUT2D eigenvalue weighted by Crippen LogP contribution is 1.86. The fourth-order valence-corrected chi connectivity index (χ4v) is 1.17. The second kappa shape index (κ2) is 8.38. The van der Waals surface area contributed by atoms with Crippen LogP contribution in [0.4, 0.5) is 0 Å². The Morgan fingerprint density at radius 2 is 2.00 bits per heavy atom. The van der Waals surface area contributed by atoms with Gasteiger partial charge in [0.1, 0.15) is 0 Å². The quantitative estimate of drug-likeness (QED) is 0.474. The van der Waals surface area contributed by atoms with E-state index in [1.54, 1.807) is 0 Å². The average molecular weight is 204 g/mol. The molecule has 4 heteroatoms. The summed E-state index contributed by atoms with van der Waals surface area (Å²) in [5.74, 6) is 0.941. The van der Waals surface area contributed by atoms with Gasteiger partial charge in [0, 0.05) is 6.54 Å². The molecule has 3 nitrogen and oxygen atoms in total. The molecule has 78 valence electrons. The van der Waals surface area contributed by atoms with Gasteiger partial charge in [0.2, 0.25) is 5.91 Å². The largest absolute Gasteiger partial charge is 0.355 e. The van der Waals surface area contributed by atoms with E-state index in [2.05, 4.69) is 36.7 Å². The molecule has 0 radical (unpaired) electrons. The van der Waals surface area contributed by atoms with Crippen molar-refractivity contribution in [2.24, 2.45) is 0 Å². The minimum absolute atomic E-state index is 0.116. The third kappa shape index (κ3) is 6.90. The first-order valence-corrected chi connectivity index (χ1v) is 5.47. The number of nitrogens with one attached hydrogen (secondary N) is 1. The molecule has 0 heterocycles. The Labute approximate surface area is 86.3 Å². The molecule has 1 amide bonds. The fraction of sp³-hybridized carbons (Fsp3) is 0.889. The first-order chi connectivity index (χ1) is 6.24. The summed E-state index contributed by atoms with van der Waals surface area (Å²) in [4.78, 5) is 13.4. The number of hydrogen-bond acceptors (Lipinski definition) is 3. The summed E-state index contributed by atoms with van der Waals surface area (Å²) in [5, 5.41) is 2.85. The number of nitrogens with zero attached hydrogens (tertiary/aromatic N) is 1. The summed E-state index contributed by atoms with van der Waals surface area (Å²) >= 11 is 4.07. The molecule has 0 aliphatic heterocycles. The molecule has 0 saturated carbocycles. The number of likely N-dealkylation sites (N-methyl/N-ethyl adjacent to an activating group) is 1. The normalized spacial score (nSPS) is 10.5. The minimum atomic E-state index is 0.116. The first-order valence-electron chi connectivity index (χ1n) is 4.84. The van der Waals surface area contributed by atoms with Gasteiger partial charge in [0.15, 0.2) is 0 Å². The van der Waals surface area contributed by atoms with Crippen molar-refractivity contribution in [1.82, 2.24) is 10.2 Å². The lowest BCUT2D eigenvalue weighted by Crippen LogP contribution is -2.37. The van der Waals surface area contributed by atoms with Gasteiger partial charge in [0.25, 0.3) is 0 Å². The zero-order chi connectivity index (χ0) is 10.1. The van der Waals surface area contributed by atoms with Crippen LogP contribution in [0.1, 0.15) is 20.3 Å². The van der Waals surface area contributed by atoms with Gasteiger partial charge < -0.3 is 5.32 Å². The standard InChI is InChI=1S/C9H20N2OS/c1-3-11(4-2)8-9(12)10-6-5-7-13/h13H,3-8H2,1-2H3,(H,10,12). The lowest BCUT2D eigenvalue weighted by atomic mass is 10.4. The van der Waals surface area contributed by atoms with Crippen LogP contribution in [-0.4, -0.2) is 42.7 Å². The monoisotopic (exact) mass is 204 g/mol. The Kier molecular flexibility index (Phi) is 8.24. The lowest BCUT2D eigenvalue weighted by Gasteiger charge is -2.16. The summed E-state index contributed by atoms with van der Waals surface area (Å²) in [6.07, 6.45) is 0.938. The second-order valence-electron chi connectivity index (χ2n) is 2.89. The van der Waals surface area contributed by atoms with Gasteiger partial charge in [-0.25, -0.2) is 0 Å². The molecule has 0 aromatic rings. The van der Waals surface area contributed by atoms with Gasteiger partial charge in [-0.1, -0.05) is 13.8 Å². The molecule has 0 aliphatic rings. The zero-order valence-corrected chi connectivity index (χ0v) is 9.44. The van der Waals surface area contributed by atoms with Gasteiger partial charge in [-0.15, -0.1) is 0 Å². The van der Waals surface area contributed by atoms with E-state index in [0.717, 1.165) is 31.8 Å². The van der Waals surface area contributed by atoms with Crippen LogP contribution in [0.3, 0.4) is 0 Å². The van der Waals surface area contributed by atoms with Gasteiger partial charge in [0.05, 0.1) is 6.54 Å². The van der Waals surface area contributed by atoms with E-state index in [1.807, 2.05) is 0 Å². The van der Waals surface area contributed by atoms with E-state index in [0.29, 0.717) is 6.54 Å². The van der Waals surface area contributed by atoms with E-state index in [-0.39, 0.29) is 5.91 Å². The smallest absolute Gasteiger partial charge is 0.234 e. The van der Waals surface area contributed by atoms with Crippen molar-refractivity contribution in [2.75, 3.05) is 31.9 Å². The van der Waals surface area contributed by atoms with Crippen molar-refractivity contribution in [3.05, 3.63) is 0 Å². The van der Waals surface area contributed by atoms with Crippen LogP contribution in [0.5, 0.6) is 0 Å². The molecule has 0 aromatic carbocycles. The Balaban J connectivity index is 3.48. The Hall–Kier alpha value is -0.220. The van der Waals surface area contributed by atoms with Gasteiger partial charge >= 0.3 is 0 Å². The molecule has 0 saturated heterocycles. The first kappa shape index (κ1) is 12.8. The molecule has 0 fully saturated rings. The minimum Gasteiger partial charge on any atom is -0.355 e. The van der Waals surface area contributed by atoms with Crippen LogP contribution in [0.25, 0.3) is 0 Å². The van der Waals surface area contributed by atoms with Crippen LogP contribution >= 0.6 is 12.6 Å². The number of hydrogen-bond donors (Lipinski definition) is 2. The molecule has 1 N–H and O–H groups in total. The van der Waals surface area contributed by atoms with Crippen LogP contribution in [0, 0.1) is 0 Å². The molecule has 0 aromatic heterocycles. The predicted octanol–water partition coefficient (Wildman–Crippen LogP) is 0.764.